The maximum atomic E-state index is 12.4. The fourth-order valence-electron chi connectivity index (χ4n) is 2.79. The van der Waals surface area contributed by atoms with E-state index in [1.807, 2.05) is 20.8 Å². The zero-order valence-electron chi connectivity index (χ0n) is 15.2. The van der Waals surface area contributed by atoms with Gasteiger partial charge in [0.15, 0.2) is 6.29 Å². The first kappa shape index (κ1) is 19.0. The first-order valence-corrected chi connectivity index (χ1v) is 8.66. The average Bonchev–Trinajstić information content (AvgIpc) is 2.84. The van der Waals surface area contributed by atoms with Crippen LogP contribution in [0.5, 0.6) is 0 Å². The van der Waals surface area contributed by atoms with Crippen LogP contribution in [0, 0.1) is 0 Å². The summed E-state index contributed by atoms with van der Waals surface area (Å²) in [6.45, 7) is 8.20. The van der Waals surface area contributed by atoms with Gasteiger partial charge in [0.1, 0.15) is 5.60 Å². The highest BCUT2D eigenvalue weighted by Crippen LogP contribution is 2.13. The Morgan fingerprint density at radius 3 is 2.52 bits per heavy atom. The van der Waals surface area contributed by atoms with Gasteiger partial charge in [0.05, 0.1) is 5.69 Å². The molecule has 0 radical (unpaired) electrons. The third-order valence-corrected chi connectivity index (χ3v) is 4.05. The zero-order chi connectivity index (χ0) is 18.4. The minimum atomic E-state index is -0.522. The largest absolute Gasteiger partial charge is 0.444 e. The van der Waals surface area contributed by atoms with Crippen molar-refractivity contribution in [3.8, 4) is 0 Å². The predicted molar refractivity (Wildman–Crippen MR) is 93.4 cm³/mol. The summed E-state index contributed by atoms with van der Waals surface area (Å²) in [5, 5.41) is 0. The van der Waals surface area contributed by atoms with Crippen LogP contribution in [0.4, 0.5) is 4.79 Å². The van der Waals surface area contributed by atoms with Crippen molar-refractivity contribution >= 4 is 18.3 Å². The van der Waals surface area contributed by atoms with Crippen molar-refractivity contribution < 1.29 is 19.1 Å². The van der Waals surface area contributed by atoms with Crippen LogP contribution in [0.3, 0.4) is 0 Å². The van der Waals surface area contributed by atoms with Crippen molar-refractivity contribution in [2.24, 2.45) is 0 Å². The lowest BCUT2D eigenvalue weighted by Crippen LogP contribution is -2.40. The minimum Gasteiger partial charge on any atom is -0.444 e. The van der Waals surface area contributed by atoms with Crippen molar-refractivity contribution in [3.05, 3.63) is 24.0 Å². The molecule has 7 nitrogen and oxygen atoms in total. The van der Waals surface area contributed by atoms with Gasteiger partial charge in [-0.05, 0) is 39.3 Å². The quantitative estimate of drug-likeness (QED) is 0.781. The molecule has 2 rings (SSSR count). The van der Waals surface area contributed by atoms with Gasteiger partial charge in [-0.15, -0.1) is 0 Å². The molecule has 1 saturated heterocycles. The lowest BCUT2D eigenvalue weighted by atomic mass is 10.2. The first-order valence-electron chi connectivity index (χ1n) is 8.66. The highest BCUT2D eigenvalue weighted by Gasteiger charge is 2.25. The highest BCUT2D eigenvalue weighted by atomic mass is 16.6. The van der Waals surface area contributed by atoms with Crippen molar-refractivity contribution in [3.63, 3.8) is 0 Å². The van der Waals surface area contributed by atoms with E-state index in [1.54, 1.807) is 32.7 Å². The Hall–Kier alpha value is -2.31. The summed E-state index contributed by atoms with van der Waals surface area (Å²) in [4.78, 5) is 39.0. The van der Waals surface area contributed by atoms with Crippen LogP contribution in [0.2, 0.25) is 0 Å². The molecule has 0 unspecified atom stereocenters. The van der Waals surface area contributed by atoms with E-state index in [4.69, 9.17) is 4.74 Å². The molecule has 138 valence electrons. The molecule has 0 atom stereocenters. The summed E-state index contributed by atoms with van der Waals surface area (Å²) in [5.41, 5.74) is 0.0474. The molecule has 1 fully saturated rings. The number of rotatable bonds is 4. The number of ether oxygens (including phenoxy) is 1. The Balaban J connectivity index is 1.84. The number of hydrogen-bond donors (Lipinski definition) is 0. The second-order valence-corrected chi connectivity index (χ2v) is 7.20. The molecule has 0 aromatic carbocycles. The minimum absolute atomic E-state index is 0.0385. The van der Waals surface area contributed by atoms with E-state index in [0.29, 0.717) is 44.8 Å². The van der Waals surface area contributed by atoms with E-state index >= 15 is 0 Å². The molecule has 1 aliphatic heterocycles. The van der Waals surface area contributed by atoms with Gasteiger partial charge in [-0.1, -0.05) is 0 Å². The molecule has 1 aliphatic rings. The Bertz CT molecular complexity index is 618. The molecule has 0 saturated carbocycles. The van der Waals surface area contributed by atoms with Crippen molar-refractivity contribution in [1.82, 2.24) is 14.4 Å². The summed E-state index contributed by atoms with van der Waals surface area (Å²) in [6, 6.07) is 3.51. The van der Waals surface area contributed by atoms with Crippen LogP contribution < -0.4 is 0 Å². The SMILES string of the molecule is CC(C)(C)OC(=O)N1CCCN(C(=O)CCn2cccc2C=O)CC1. The molecule has 1 aromatic rings. The normalized spacial score (nSPS) is 15.6. The van der Waals surface area contributed by atoms with Crippen molar-refractivity contribution in [2.45, 2.75) is 45.8 Å². The number of aromatic nitrogens is 1. The van der Waals surface area contributed by atoms with E-state index in [0.717, 1.165) is 12.7 Å². The maximum Gasteiger partial charge on any atom is 0.410 e. The van der Waals surface area contributed by atoms with Crippen LogP contribution in [0.15, 0.2) is 18.3 Å². The number of carbonyl (C=O) groups excluding carboxylic acids is 3. The number of aryl methyl sites for hydroxylation is 1. The molecule has 7 heteroatoms. The van der Waals surface area contributed by atoms with Crippen LogP contribution in [0.1, 0.15) is 44.1 Å². The summed E-state index contributed by atoms with van der Waals surface area (Å²) >= 11 is 0. The monoisotopic (exact) mass is 349 g/mol. The van der Waals surface area contributed by atoms with Crippen LogP contribution in [-0.4, -0.2) is 64.4 Å². The standard InChI is InChI=1S/C18H27N3O4/c1-18(2,3)25-17(24)21-10-5-9-20(12-13-21)16(23)7-11-19-8-4-6-15(19)14-22/h4,6,8,14H,5,7,9-13H2,1-3H3. The number of aldehydes is 1. The van der Waals surface area contributed by atoms with E-state index < -0.39 is 5.60 Å². The predicted octanol–water partition coefficient (Wildman–Crippen LogP) is 2.16. The van der Waals surface area contributed by atoms with Gasteiger partial charge in [0, 0.05) is 45.3 Å². The summed E-state index contributed by atoms with van der Waals surface area (Å²) < 4.78 is 7.17. The maximum absolute atomic E-state index is 12.4. The third kappa shape index (κ3) is 5.62. The zero-order valence-corrected chi connectivity index (χ0v) is 15.2. The second kappa shape index (κ2) is 8.18. The Morgan fingerprint density at radius 2 is 1.84 bits per heavy atom. The van der Waals surface area contributed by atoms with Gasteiger partial charge in [-0.3, -0.25) is 9.59 Å². The third-order valence-electron chi connectivity index (χ3n) is 4.05. The molecule has 2 heterocycles. The van der Waals surface area contributed by atoms with Crippen LogP contribution in [0.25, 0.3) is 0 Å². The van der Waals surface area contributed by atoms with Crippen LogP contribution in [-0.2, 0) is 16.1 Å². The van der Waals surface area contributed by atoms with E-state index in [-0.39, 0.29) is 12.0 Å². The highest BCUT2D eigenvalue weighted by molar-refractivity contribution is 5.77. The number of amides is 2. The smallest absolute Gasteiger partial charge is 0.410 e. The first-order chi connectivity index (χ1) is 11.8. The van der Waals surface area contributed by atoms with Crippen molar-refractivity contribution in [2.75, 3.05) is 26.2 Å². The van der Waals surface area contributed by atoms with E-state index in [9.17, 15) is 14.4 Å². The second-order valence-electron chi connectivity index (χ2n) is 7.20. The molecule has 0 aliphatic carbocycles. The number of nitrogens with zero attached hydrogens (tertiary/aromatic N) is 3. The molecule has 1 aromatic heterocycles. The summed E-state index contributed by atoms with van der Waals surface area (Å²) in [7, 11) is 0. The van der Waals surface area contributed by atoms with Gasteiger partial charge >= 0.3 is 6.09 Å². The Kier molecular flexibility index (Phi) is 6.22. The molecular weight excluding hydrogens is 322 g/mol. The van der Waals surface area contributed by atoms with Gasteiger partial charge in [0.25, 0.3) is 0 Å². The fraction of sp³-hybridized carbons (Fsp3) is 0.611. The van der Waals surface area contributed by atoms with Crippen LogP contribution >= 0.6 is 0 Å². The molecule has 0 spiro atoms. The Labute approximate surface area is 148 Å². The molecular formula is C18H27N3O4. The van der Waals surface area contributed by atoms with E-state index in [1.165, 1.54) is 0 Å². The average molecular weight is 349 g/mol. The summed E-state index contributed by atoms with van der Waals surface area (Å²) in [6.07, 6.45) is 3.32. The Morgan fingerprint density at radius 1 is 1.16 bits per heavy atom. The molecule has 0 N–H and O–H groups in total. The van der Waals surface area contributed by atoms with E-state index in [2.05, 4.69) is 0 Å². The van der Waals surface area contributed by atoms with Crippen molar-refractivity contribution in [1.29, 1.82) is 0 Å². The number of hydrogen-bond acceptors (Lipinski definition) is 4. The topological polar surface area (TPSA) is 71.8 Å². The molecule has 2 amide bonds. The molecule has 0 bridgehead atoms. The lowest BCUT2D eigenvalue weighted by Gasteiger charge is -2.26. The van der Waals surface area contributed by atoms with Gasteiger partial charge in [0.2, 0.25) is 5.91 Å². The number of carbonyl (C=O) groups is 3. The summed E-state index contributed by atoms with van der Waals surface area (Å²) in [5.74, 6) is 0.0385. The van der Waals surface area contributed by atoms with Gasteiger partial charge in [-0.2, -0.15) is 0 Å². The lowest BCUT2D eigenvalue weighted by molar-refractivity contribution is -0.131. The molecule has 25 heavy (non-hydrogen) atoms. The van der Waals surface area contributed by atoms with Gasteiger partial charge < -0.3 is 19.1 Å². The fourth-order valence-corrected chi connectivity index (χ4v) is 2.79. The van der Waals surface area contributed by atoms with Gasteiger partial charge in [-0.25, -0.2) is 4.79 Å².